The van der Waals surface area contributed by atoms with Gasteiger partial charge in [0.25, 0.3) is 5.91 Å². The van der Waals surface area contributed by atoms with Crippen molar-refractivity contribution in [1.82, 2.24) is 4.90 Å². The minimum atomic E-state index is 0.0462. The molecule has 0 bridgehead atoms. The molecule has 1 amide bonds. The van der Waals surface area contributed by atoms with E-state index in [0.717, 1.165) is 22.1 Å². The third-order valence-corrected chi connectivity index (χ3v) is 3.66. The predicted octanol–water partition coefficient (Wildman–Crippen LogP) is 3.24. The SMILES string of the molecule is C#CCN(CC1CC1)C(=O)c1ccc(Br)cc1C. The maximum absolute atomic E-state index is 12.4. The van der Waals surface area contributed by atoms with Crippen LogP contribution in [0, 0.1) is 25.2 Å². The van der Waals surface area contributed by atoms with Crippen LogP contribution in [0.4, 0.5) is 0 Å². The Morgan fingerprint density at radius 2 is 2.28 bits per heavy atom. The molecule has 1 aliphatic rings. The summed E-state index contributed by atoms with van der Waals surface area (Å²) in [7, 11) is 0. The number of terminal acetylenes is 1. The average Bonchev–Trinajstić information content (AvgIpc) is 3.11. The van der Waals surface area contributed by atoms with Crippen LogP contribution in [0.25, 0.3) is 0 Å². The first-order chi connectivity index (χ1) is 8.61. The average molecular weight is 306 g/mol. The molecule has 3 heteroatoms. The molecule has 2 nitrogen and oxygen atoms in total. The highest BCUT2D eigenvalue weighted by molar-refractivity contribution is 9.10. The van der Waals surface area contributed by atoms with Crippen LogP contribution in [0.2, 0.25) is 0 Å². The summed E-state index contributed by atoms with van der Waals surface area (Å²) in [6.07, 6.45) is 7.78. The van der Waals surface area contributed by atoms with Crippen LogP contribution >= 0.6 is 15.9 Å². The molecule has 1 aromatic carbocycles. The molecule has 1 aromatic rings. The molecule has 0 atom stereocenters. The van der Waals surface area contributed by atoms with Crippen molar-refractivity contribution in [3.05, 3.63) is 33.8 Å². The fourth-order valence-corrected chi connectivity index (χ4v) is 2.45. The minimum absolute atomic E-state index is 0.0462. The van der Waals surface area contributed by atoms with E-state index in [-0.39, 0.29) is 5.91 Å². The van der Waals surface area contributed by atoms with E-state index in [2.05, 4.69) is 21.9 Å². The van der Waals surface area contributed by atoms with E-state index >= 15 is 0 Å². The summed E-state index contributed by atoms with van der Waals surface area (Å²) in [5, 5.41) is 0. The standard InChI is InChI=1S/C15H16BrNO/c1-3-8-17(10-12-4-5-12)15(18)14-7-6-13(16)9-11(14)2/h1,6-7,9,12H,4-5,8,10H2,2H3. The third-order valence-electron chi connectivity index (χ3n) is 3.16. The lowest BCUT2D eigenvalue weighted by molar-refractivity contribution is 0.0769. The summed E-state index contributed by atoms with van der Waals surface area (Å²) in [6.45, 7) is 3.13. The van der Waals surface area contributed by atoms with E-state index < -0.39 is 0 Å². The fourth-order valence-electron chi connectivity index (χ4n) is 1.98. The molecule has 0 spiro atoms. The quantitative estimate of drug-likeness (QED) is 0.782. The number of aryl methyl sites for hydroxylation is 1. The maximum atomic E-state index is 12.4. The first-order valence-electron chi connectivity index (χ1n) is 6.10. The number of hydrogen-bond donors (Lipinski definition) is 0. The molecule has 0 heterocycles. The molecule has 1 fully saturated rings. The molecule has 0 unspecified atom stereocenters. The highest BCUT2D eigenvalue weighted by Crippen LogP contribution is 2.30. The Labute approximate surface area is 116 Å². The number of carbonyl (C=O) groups is 1. The smallest absolute Gasteiger partial charge is 0.254 e. The number of nitrogens with zero attached hydrogens (tertiary/aromatic N) is 1. The first kappa shape index (κ1) is 13.2. The Morgan fingerprint density at radius 3 is 2.83 bits per heavy atom. The number of benzene rings is 1. The molecular formula is C15H16BrNO. The van der Waals surface area contributed by atoms with E-state index in [4.69, 9.17) is 6.42 Å². The molecule has 0 saturated heterocycles. The fraction of sp³-hybridized carbons (Fsp3) is 0.400. The van der Waals surface area contributed by atoms with E-state index in [1.807, 2.05) is 25.1 Å². The molecule has 2 rings (SSSR count). The second-order valence-electron chi connectivity index (χ2n) is 4.79. The molecule has 0 aliphatic heterocycles. The van der Waals surface area contributed by atoms with Crippen molar-refractivity contribution < 1.29 is 4.79 Å². The minimum Gasteiger partial charge on any atom is -0.327 e. The van der Waals surface area contributed by atoms with Gasteiger partial charge in [-0.3, -0.25) is 4.79 Å². The van der Waals surface area contributed by atoms with Crippen molar-refractivity contribution in [2.75, 3.05) is 13.1 Å². The summed E-state index contributed by atoms with van der Waals surface area (Å²) >= 11 is 3.41. The summed E-state index contributed by atoms with van der Waals surface area (Å²) in [6, 6.07) is 5.71. The van der Waals surface area contributed by atoms with Crippen LogP contribution in [0.3, 0.4) is 0 Å². The van der Waals surface area contributed by atoms with Gasteiger partial charge in [0.1, 0.15) is 0 Å². The van der Waals surface area contributed by atoms with Crippen LogP contribution in [-0.4, -0.2) is 23.9 Å². The molecule has 94 valence electrons. The molecular weight excluding hydrogens is 290 g/mol. The molecule has 0 N–H and O–H groups in total. The maximum Gasteiger partial charge on any atom is 0.254 e. The number of halogens is 1. The summed E-state index contributed by atoms with van der Waals surface area (Å²) < 4.78 is 0.988. The summed E-state index contributed by atoms with van der Waals surface area (Å²) in [4.78, 5) is 14.2. The van der Waals surface area contributed by atoms with Crippen LogP contribution < -0.4 is 0 Å². The van der Waals surface area contributed by atoms with Gasteiger partial charge in [-0.1, -0.05) is 21.9 Å². The number of amides is 1. The lowest BCUT2D eigenvalue weighted by Crippen LogP contribution is -2.33. The van der Waals surface area contributed by atoms with Gasteiger partial charge < -0.3 is 4.90 Å². The van der Waals surface area contributed by atoms with Gasteiger partial charge in [0.2, 0.25) is 0 Å². The van der Waals surface area contributed by atoms with Crippen molar-refractivity contribution >= 4 is 21.8 Å². The molecule has 0 aromatic heterocycles. The van der Waals surface area contributed by atoms with Gasteiger partial charge in [-0.25, -0.2) is 0 Å². The van der Waals surface area contributed by atoms with Crippen LogP contribution in [-0.2, 0) is 0 Å². The molecule has 18 heavy (non-hydrogen) atoms. The largest absolute Gasteiger partial charge is 0.327 e. The highest BCUT2D eigenvalue weighted by atomic mass is 79.9. The zero-order chi connectivity index (χ0) is 13.1. The second-order valence-corrected chi connectivity index (χ2v) is 5.71. The van der Waals surface area contributed by atoms with Crippen molar-refractivity contribution in [1.29, 1.82) is 0 Å². The van der Waals surface area contributed by atoms with E-state index in [1.54, 1.807) is 4.90 Å². The van der Waals surface area contributed by atoms with Crippen molar-refractivity contribution in [3.8, 4) is 12.3 Å². The van der Waals surface area contributed by atoms with Crippen molar-refractivity contribution in [2.24, 2.45) is 5.92 Å². The zero-order valence-electron chi connectivity index (χ0n) is 10.4. The summed E-state index contributed by atoms with van der Waals surface area (Å²) in [5.74, 6) is 3.28. The van der Waals surface area contributed by atoms with Crippen molar-refractivity contribution in [3.63, 3.8) is 0 Å². The number of hydrogen-bond acceptors (Lipinski definition) is 1. The molecule has 0 radical (unpaired) electrons. The van der Waals surface area contributed by atoms with Gasteiger partial charge in [-0.2, -0.15) is 0 Å². The van der Waals surface area contributed by atoms with E-state index in [9.17, 15) is 4.79 Å². The van der Waals surface area contributed by atoms with Gasteiger partial charge in [0, 0.05) is 16.6 Å². The third kappa shape index (κ3) is 3.14. The normalized spacial score (nSPS) is 14.1. The lowest BCUT2D eigenvalue weighted by atomic mass is 10.1. The van der Waals surface area contributed by atoms with Crippen LogP contribution in [0.5, 0.6) is 0 Å². The Morgan fingerprint density at radius 1 is 1.56 bits per heavy atom. The van der Waals surface area contributed by atoms with Gasteiger partial charge in [0.15, 0.2) is 0 Å². The lowest BCUT2D eigenvalue weighted by Gasteiger charge is -2.21. The topological polar surface area (TPSA) is 20.3 Å². The monoisotopic (exact) mass is 305 g/mol. The van der Waals surface area contributed by atoms with Crippen molar-refractivity contribution in [2.45, 2.75) is 19.8 Å². The van der Waals surface area contributed by atoms with Gasteiger partial charge in [-0.05, 0) is 49.4 Å². The highest BCUT2D eigenvalue weighted by Gasteiger charge is 2.27. The van der Waals surface area contributed by atoms with Gasteiger partial charge in [-0.15, -0.1) is 6.42 Å². The molecule has 1 aliphatic carbocycles. The molecule has 1 saturated carbocycles. The van der Waals surface area contributed by atoms with Gasteiger partial charge in [0.05, 0.1) is 6.54 Å². The van der Waals surface area contributed by atoms with Gasteiger partial charge >= 0.3 is 0 Å². The van der Waals surface area contributed by atoms with Crippen LogP contribution in [0.1, 0.15) is 28.8 Å². The Balaban J connectivity index is 2.18. The Bertz CT molecular complexity index is 500. The Hall–Kier alpha value is -1.27. The first-order valence-corrected chi connectivity index (χ1v) is 6.90. The predicted molar refractivity (Wildman–Crippen MR) is 76.3 cm³/mol. The number of carbonyl (C=O) groups excluding carboxylic acids is 1. The summed E-state index contributed by atoms with van der Waals surface area (Å²) in [5.41, 5.74) is 1.72. The zero-order valence-corrected chi connectivity index (χ0v) is 12.0. The van der Waals surface area contributed by atoms with Crippen LogP contribution in [0.15, 0.2) is 22.7 Å². The Kier molecular flexibility index (Phi) is 4.08. The van der Waals surface area contributed by atoms with E-state index in [1.165, 1.54) is 12.8 Å². The second kappa shape index (κ2) is 5.58. The number of rotatable bonds is 4. The van der Waals surface area contributed by atoms with E-state index in [0.29, 0.717) is 12.5 Å².